The van der Waals surface area contributed by atoms with Gasteiger partial charge in [0, 0.05) is 25.1 Å². The van der Waals surface area contributed by atoms with Gasteiger partial charge in [0.05, 0.1) is 17.7 Å². The first kappa shape index (κ1) is 13.0. The van der Waals surface area contributed by atoms with E-state index in [9.17, 15) is 13.2 Å². The average Bonchev–Trinajstić information content (AvgIpc) is 2.95. The van der Waals surface area contributed by atoms with Crippen molar-refractivity contribution in [2.45, 2.75) is 50.8 Å². The Morgan fingerprint density at radius 2 is 2.16 bits per heavy atom. The summed E-state index contributed by atoms with van der Waals surface area (Å²) in [5, 5.41) is 0. The number of hydrogen-bond donors (Lipinski definition) is 1. The van der Waals surface area contributed by atoms with Crippen molar-refractivity contribution in [2.75, 3.05) is 6.61 Å². The van der Waals surface area contributed by atoms with Crippen molar-refractivity contribution in [2.24, 2.45) is 5.92 Å². The molecule has 1 aliphatic carbocycles. The first-order valence-electron chi connectivity index (χ1n) is 6.77. The second-order valence-electron chi connectivity index (χ2n) is 5.43. The number of nitrogens with one attached hydrogen (secondary N) is 1. The molecule has 1 N–H and O–H groups in total. The summed E-state index contributed by atoms with van der Waals surface area (Å²) in [4.78, 5) is 7.50. The number of aryl methyl sites for hydroxylation is 1. The molecule has 2 aliphatic rings. The van der Waals surface area contributed by atoms with Crippen LogP contribution in [0, 0.1) is 5.92 Å². The summed E-state index contributed by atoms with van der Waals surface area (Å²) in [7, 11) is 0. The number of rotatable bonds is 2. The van der Waals surface area contributed by atoms with Crippen LogP contribution in [0.5, 0.6) is 0 Å². The number of imidazole rings is 1. The minimum atomic E-state index is -4.10. The monoisotopic (exact) mass is 274 g/mol. The number of H-pyrrole nitrogens is 1. The summed E-state index contributed by atoms with van der Waals surface area (Å²) in [6.45, 7) is 0.779. The second kappa shape index (κ2) is 4.81. The van der Waals surface area contributed by atoms with E-state index in [0.717, 1.165) is 31.0 Å². The maximum Gasteiger partial charge on any atom is 0.392 e. The average molecular weight is 274 g/mol. The Kier molecular flexibility index (Phi) is 3.28. The molecule has 6 heteroatoms. The molecular formula is C13H17F3N2O. The van der Waals surface area contributed by atoms with Gasteiger partial charge >= 0.3 is 6.18 Å². The topological polar surface area (TPSA) is 37.9 Å². The number of nitrogens with zero attached hydrogens (tertiary/aromatic N) is 1. The van der Waals surface area contributed by atoms with E-state index < -0.39 is 12.1 Å². The second-order valence-corrected chi connectivity index (χ2v) is 5.43. The third-order valence-electron chi connectivity index (χ3n) is 4.00. The van der Waals surface area contributed by atoms with Gasteiger partial charge in [0.15, 0.2) is 0 Å². The van der Waals surface area contributed by atoms with E-state index >= 15 is 0 Å². The minimum Gasteiger partial charge on any atom is -0.378 e. The third-order valence-corrected chi connectivity index (χ3v) is 4.00. The van der Waals surface area contributed by atoms with Crippen LogP contribution in [0.15, 0.2) is 0 Å². The highest BCUT2D eigenvalue weighted by atomic mass is 19.4. The van der Waals surface area contributed by atoms with Crippen LogP contribution >= 0.6 is 0 Å². The van der Waals surface area contributed by atoms with Gasteiger partial charge in [-0.3, -0.25) is 0 Å². The molecule has 3 nitrogen and oxygen atoms in total. The first-order valence-corrected chi connectivity index (χ1v) is 6.77. The lowest BCUT2D eigenvalue weighted by Gasteiger charge is -2.23. The molecular weight excluding hydrogens is 257 g/mol. The third kappa shape index (κ3) is 2.78. The Labute approximate surface area is 109 Å². The lowest BCUT2D eigenvalue weighted by molar-refractivity contribution is -0.177. The van der Waals surface area contributed by atoms with E-state index in [0.29, 0.717) is 18.5 Å². The lowest BCUT2D eigenvalue weighted by atomic mass is 9.89. The van der Waals surface area contributed by atoms with Gasteiger partial charge in [0.25, 0.3) is 0 Å². The largest absolute Gasteiger partial charge is 0.392 e. The smallest absolute Gasteiger partial charge is 0.378 e. The van der Waals surface area contributed by atoms with Crippen molar-refractivity contribution in [3.8, 4) is 0 Å². The normalized spacial score (nSPS) is 27.5. The van der Waals surface area contributed by atoms with Gasteiger partial charge in [-0.25, -0.2) is 4.98 Å². The zero-order valence-electron chi connectivity index (χ0n) is 10.6. The fraction of sp³-hybridized carbons (Fsp3) is 0.769. The van der Waals surface area contributed by atoms with Crippen LogP contribution in [0.4, 0.5) is 13.2 Å². The maximum absolute atomic E-state index is 12.7. The van der Waals surface area contributed by atoms with E-state index in [2.05, 4.69) is 9.97 Å². The number of alkyl halides is 3. The van der Waals surface area contributed by atoms with Crippen LogP contribution in [-0.2, 0) is 24.0 Å². The highest BCUT2D eigenvalue weighted by Crippen LogP contribution is 2.36. The summed E-state index contributed by atoms with van der Waals surface area (Å²) < 4.78 is 43.7. The van der Waals surface area contributed by atoms with E-state index in [1.165, 1.54) is 0 Å². The van der Waals surface area contributed by atoms with Crippen molar-refractivity contribution in [1.29, 1.82) is 0 Å². The molecule has 1 aliphatic heterocycles. The van der Waals surface area contributed by atoms with Gasteiger partial charge in [-0.2, -0.15) is 13.2 Å². The van der Waals surface area contributed by atoms with E-state index in [1.807, 2.05) is 0 Å². The molecule has 2 atom stereocenters. The molecule has 19 heavy (non-hydrogen) atoms. The Balaban J connectivity index is 1.70. The molecule has 0 saturated carbocycles. The summed E-state index contributed by atoms with van der Waals surface area (Å²) in [5.74, 6) is -0.448. The summed E-state index contributed by atoms with van der Waals surface area (Å²) in [5.41, 5.74) is 1.48. The highest BCUT2D eigenvalue weighted by molar-refractivity contribution is 5.19. The molecule has 0 radical (unpaired) electrons. The molecule has 1 aromatic heterocycles. The molecule has 3 rings (SSSR count). The molecule has 2 unspecified atom stereocenters. The number of aromatic amines is 1. The molecule has 0 bridgehead atoms. The summed E-state index contributed by atoms with van der Waals surface area (Å²) in [6.07, 6.45) is -0.565. The van der Waals surface area contributed by atoms with E-state index in [1.54, 1.807) is 0 Å². The van der Waals surface area contributed by atoms with Gasteiger partial charge in [0.1, 0.15) is 5.82 Å². The van der Waals surface area contributed by atoms with Gasteiger partial charge < -0.3 is 9.72 Å². The van der Waals surface area contributed by atoms with E-state index in [4.69, 9.17) is 4.74 Å². The standard InChI is InChI=1S/C13H17F3N2O/c14-13(15,16)8-3-4-10-11(6-8)18-12(17-10)7-9-2-1-5-19-9/h8-9H,1-7H2,(H,17,18). The van der Waals surface area contributed by atoms with Gasteiger partial charge in [-0.1, -0.05) is 0 Å². The van der Waals surface area contributed by atoms with Crippen molar-refractivity contribution in [1.82, 2.24) is 9.97 Å². The molecule has 1 aromatic rings. The maximum atomic E-state index is 12.7. The zero-order chi connectivity index (χ0) is 13.5. The lowest BCUT2D eigenvalue weighted by Crippen LogP contribution is -2.28. The van der Waals surface area contributed by atoms with Crippen molar-refractivity contribution in [3.05, 3.63) is 17.2 Å². The Hall–Kier alpha value is -1.04. The molecule has 1 fully saturated rings. The van der Waals surface area contributed by atoms with Crippen LogP contribution in [0.2, 0.25) is 0 Å². The molecule has 1 saturated heterocycles. The van der Waals surface area contributed by atoms with Crippen LogP contribution in [-0.4, -0.2) is 28.9 Å². The predicted molar refractivity (Wildman–Crippen MR) is 62.8 cm³/mol. The summed E-state index contributed by atoms with van der Waals surface area (Å²) >= 11 is 0. The van der Waals surface area contributed by atoms with Crippen LogP contribution in [0.1, 0.15) is 36.5 Å². The fourth-order valence-corrected chi connectivity index (χ4v) is 2.94. The number of ether oxygens (including phenoxy) is 1. The zero-order valence-corrected chi connectivity index (χ0v) is 10.6. The predicted octanol–water partition coefficient (Wildman–Crippen LogP) is 2.80. The van der Waals surface area contributed by atoms with E-state index in [-0.39, 0.29) is 18.9 Å². The van der Waals surface area contributed by atoms with Gasteiger partial charge in [-0.05, 0) is 25.7 Å². The van der Waals surface area contributed by atoms with Gasteiger partial charge in [0.2, 0.25) is 0 Å². The molecule has 2 heterocycles. The number of aromatic nitrogens is 2. The number of halogens is 3. The van der Waals surface area contributed by atoms with Crippen molar-refractivity contribution in [3.63, 3.8) is 0 Å². The summed E-state index contributed by atoms with van der Waals surface area (Å²) in [6, 6.07) is 0. The van der Waals surface area contributed by atoms with Crippen molar-refractivity contribution < 1.29 is 17.9 Å². The highest BCUT2D eigenvalue weighted by Gasteiger charge is 2.42. The van der Waals surface area contributed by atoms with Crippen LogP contribution in [0.25, 0.3) is 0 Å². The molecule has 0 amide bonds. The Bertz CT molecular complexity index is 449. The molecule has 106 valence electrons. The minimum absolute atomic E-state index is 0.0390. The van der Waals surface area contributed by atoms with Crippen LogP contribution in [0.3, 0.4) is 0 Å². The van der Waals surface area contributed by atoms with Crippen molar-refractivity contribution >= 4 is 0 Å². The molecule has 0 spiro atoms. The van der Waals surface area contributed by atoms with Gasteiger partial charge in [-0.15, -0.1) is 0 Å². The fourth-order valence-electron chi connectivity index (χ4n) is 2.94. The molecule has 0 aromatic carbocycles. The Morgan fingerprint density at radius 1 is 1.32 bits per heavy atom. The van der Waals surface area contributed by atoms with Crippen LogP contribution < -0.4 is 0 Å². The Morgan fingerprint density at radius 3 is 2.84 bits per heavy atom. The quantitative estimate of drug-likeness (QED) is 0.900. The number of fused-ring (bicyclic) bond motifs is 1. The first-order chi connectivity index (χ1) is 9.02. The number of hydrogen-bond acceptors (Lipinski definition) is 2. The SMILES string of the molecule is FC(F)(F)C1CCc2nc(CC3CCCO3)[nH]c2C1.